The van der Waals surface area contributed by atoms with Crippen molar-refractivity contribution in [2.45, 2.75) is 18.4 Å². The van der Waals surface area contributed by atoms with Gasteiger partial charge in [-0.1, -0.05) is 0 Å². The second kappa shape index (κ2) is 4.01. The third kappa shape index (κ3) is 2.35. The number of carbonyl (C=O) groups is 2. The summed E-state index contributed by atoms with van der Waals surface area (Å²) in [6.07, 6.45) is -4.12. The number of rotatable bonds is 3. The first-order valence-corrected chi connectivity index (χ1v) is 3.74. The average molecular weight is 230 g/mol. The number of hydroxylamine groups is 1. The fourth-order valence-electron chi connectivity index (χ4n) is 0.804. The van der Waals surface area contributed by atoms with E-state index in [0.717, 1.165) is 0 Å². The second-order valence-corrected chi connectivity index (χ2v) is 2.73. The van der Waals surface area contributed by atoms with Crippen LogP contribution in [0.15, 0.2) is 0 Å². The van der Waals surface area contributed by atoms with Gasteiger partial charge in [-0.2, -0.15) is 8.78 Å². The Labute approximate surface area is 80.7 Å². The zero-order chi connectivity index (χ0) is 11.6. The fourth-order valence-corrected chi connectivity index (χ4v) is 0.804. The highest BCUT2D eigenvalue weighted by atomic mass is 19.3. The molecule has 0 aromatic carbocycles. The van der Waals surface area contributed by atoms with E-state index in [-0.39, 0.29) is 6.61 Å². The number of halogens is 4. The Hall–Kier alpha value is -1.38. The maximum atomic E-state index is 12.4. The number of nitrogens with one attached hydrogen (secondary N) is 2. The Bertz CT molecular complexity index is 284. The molecular formula is C6H6F4N2O3. The quantitative estimate of drug-likeness (QED) is 0.638. The van der Waals surface area contributed by atoms with Crippen molar-refractivity contribution in [2.75, 3.05) is 6.61 Å². The van der Waals surface area contributed by atoms with Crippen molar-refractivity contribution < 1.29 is 32.0 Å². The highest BCUT2D eigenvalue weighted by Gasteiger charge is 2.50. The molecule has 0 spiro atoms. The molecule has 1 aliphatic heterocycles. The van der Waals surface area contributed by atoms with Crippen molar-refractivity contribution in [1.82, 2.24) is 10.8 Å². The first-order chi connectivity index (χ1) is 6.85. The van der Waals surface area contributed by atoms with Crippen molar-refractivity contribution in [2.24, 2.45) is 0 Å². The van der Waals surface area contributed by atoms with Crippen LogP contribution in [0.1, 0.15) is 0 Å². The van der Waals surface area contributed by atoms with Crippen molar-refractivity contribution in [1.29, 1.82) is 0 Å². The highest BCUT2D eigenvalue weighted by Crippen LogP contribution is 2.23. The van der Waals surface area contributed by atoms with E-state index in [4.69, 9.17) is 0 Å². The van der Waals surface area contributed by atoms with Gasteiger partial charge in [0.25, 0.3) is 11.8 Å². The van der Waals surface area contributed by atoms with Crippen LogP contribution >= 0.6 is 0 Å². The van der Waals surface area contributed by atoms with Gasteiger partial charge < -0.3 is 5.32 Å². The molecule has 0 aromatic heterocycles. The summed E-state index contributed by atoms with van der Waals surface area (Å²) in [5.74, 6) is -7.89. The van der Waals surface area contributed by atoms with Gasteiger partial charge in [-0.05, 0) is 0 Å². The topological polar surface area (TPSA) is 67.4 Å². The molecule has 15 heavy (non-hydrogen) atoms. The molecule has 0 aromatic rings. The Morgan fingerprint density at radius 2 is 2.20 bits per heavy atom. The lowest BCUT2D eigenvalue weighted by atomic mass is 10.2. The number of amides is 2. The zero-order valence-electron chi connectivity index (χ0n) is 7.10. The first-order valence-electron chi connectivity index (χ1n) is 3.74. The predicted octanol–water partition coefficient (Wildman–Crippen LogP) is -0.567. The van der Waals surface area contributed by atoms with E-state index in [1.165, 1.54) is 5.32 Å². The smallest absolute Gasteiger partial charge is 0.337 e. The summed E-state index contributed by atoms with van der Waals surface area (Å²) < 4.78 is 48.2. The molecule has 2 N–H and O–H groups in total. The molecule has 0 unspecified atom stereocenters. The van der Waals surface area contributed by atoms with E-state index in [1.807, 2.05) is 0 Å². The minimum Gasteiger partial charge on any atom is -0.337 e. The third-order valence-corrected chi connectivity index (χ3v) is 1.62. The Morgan fingerprint density at radius 3 is 2.60 bits per heavy atom. The summed E-state index contributed by atoms with van der Waals surface area (Å²) in [5, 5.41) is 1.44. The molecule has 0 bridgehead atoms. The zero-order valence-corrected chi connectivity index (χ0v) is 7.10. The maximum absolute atomic E-state index is 12.4. The largest absolute Gasteiger partial charge is 0.383 e. The maximum Gasteiger partial charge on any atom is 0.383 e. The number of hydrogen-bond donors (Lipinski definition) is 2. The molecule has 86 valence electrons. The van der Waals surface area contributed by atoms with E-state index >= 15 is 0 Å². The summed E-state index contributed by atoms with van der Waals surface area (Å²) in [6.45, 7) is -0.385. The molecular weight excluding hydrogens is 224 g/mol. The fraction of sp³-hybridized carbons (Fsp3) is 0.667. The van der Waals surface area contributed by atoms with Crippen molar-refractivity contribution in [3.63, 3.8) is 0 Å². The molecule has 9 heteroatoms. The number of carbonyl (C=O) groups excluding carboxylic acids is 2. The molecule has 0 aliphatic carbocycles. The van der Waals surface area contributed by atoms with Gasteiger partial charge in [-0.3, -0.25) is 14.4 Å². The summed E-state index contributed by atoms with van der Waals surface area (Å²) in [5.41, 5.74) is 1.77. The predicted molar refractivity (Wildman–Crippen MR) is 37.0 cm³/mol. The molecule has 1 atom stereocenters. The van der Waals surface area contributed by atoms with Crippen molar-refractivity contribution >= 4 is 11.8 Å². The van der Waals surface area contributed by atoms with E-state index in [2.05, 4.69) is 4.84 Å². The van der Waals surface area contributed by atoms with E-state index in [9.17, 15) is 27.2 Å². The first kappa shape index (κ1) is 11.7. The summed E-state index contributed by atoms with van der Waals surface area (Å²) in [6, 6.07) is -1.37. The SMILES string of the molecule is O=C1NOC[C@H]1NC(=O)C(F)(F)C(F)F. The molecule has 1 rings (SSSR count). The summed E-state index contributed by atoms with van der Waals surface area (Å²) in [4.78, 5) is 25.7. The van der Waals surface area contributed by atoms with Gasteiger partial charge >= 0.3 is 12.3 Å². The molecule has 1 saturated heterocycles. The monoisotopic (exact) mass is 230 g/mol. The molecule has 2 amide bonds. The van der Waals surface area contributed by atoms with Crippen molar-refractivity contribution in [3.05, 3.63) is 0 Å². The molecule has 1 fully saturated rings. The van der Waals surface area contributed by atoms with Crippen LogP contribution in [-0.4, -0.2) is 36.8 Å². The molecule has 0 radical (unpaired) electrons. The average Bonchev–Trinajstić information content (AvgIpc) is 2.51. The third-order valence-electron chi connectivity index (χ3n) is 1.62. The van der Waals surface area contributed by atoms with Gasteiger partial charge in [0, 0.05) is 0 Å². The van der Waals surface area contributed by atoms with Crippen LogP contribution in [0.25, 0.3) is 0 Å². The van der Waals surface area contributed by atoms with Crippen molar-refractivity contribution in [3.8, 4) is 0 Å². The number of alkyl halides is 4. The molecule has 1 heterocycles. The van der Waals surface area contributed by atoms with Gasteiger partial charge in [-0.25, -0.2) is 14.3 Å². The van der Waals surface area contributed by atoms with Crippen LogP contribution < -0.4 is 10.8 Å². The normalized spacial score (nSPS) is 21.7. The van der Waals surface area contributed by atoms with Crippen LogP contribution in [-0.2, 0) is 14.4 Å². The molecule has 5 nitrogen and oxygen atoms in total. The summed E-state index contributed by atoms with van der Waals surface area (Å²) in [7, 11) is 0. The highest BCUT2D eigenvalue weighted by molar-refractivity contribution is 5.91. The lowest BCUT2D eigenvalue weighted by Gasteiger charge is -2.16. The van der Waals surface area contributed by atoms with Crippen LogP contribution in [0.2, 0.25) is 0 Å². The van der Waals surface area contributed by atoms with Gasteiger partial charge in [0.15, 0.2) is 0 Å². The van der Waals surface area contributed by atoms with E-state index < -0.39 is 30.2 Å². The van der Waals surface area contributed by atoms with Gasteiger partial charge in [-0.15, -0.1) is 0 Å². The van der Waals surface area contributed by atoms with Crippen LogP contribution in [0.5, 0.6) is 0 Å². The van der Waals surface area contributed by atoms with Crippen LogP contribution in [0.4, 0.5) is 17.6 Å². The minimum absolute atomic E-state index is 0.385. The lowest BCUT2D eigenvalue weighted by molar-refractivity contribution is -0.170. The van der Waals surface area contributed by atoms with Gasteiger partial charge in [0.1, 0.15) is 12.6 Å². The Balaban J connectivity index is 2.59. The Kier molecular flexibility index (Phi) is 3.12. The van der Waals surface area contributed by atoms with E-state index in [0.29, 0.717) is 0 Å². The number of hydrogen-bond acceptors (Lipinski definition) is 3. The molecule has 0 saturated carbocycles. The second-order valence-electron chi connectivity index (χ2n) is 2.73. The van der Waals surface area contributed by atoms with Gasteiger partial charge in [0.2, 0.25) is 0 Å². The standard InChI is InChI=1S/C6H6F4N2O3/c7-4(8)6(9,10)5(14)11-2-1-15-12-3(2)13/h2,4H,1H2,(H,11,14)(H,12,13)/t2-/m1/s1. The van der Waals surface area contributed by atoms with Gasteiger partial charge in [0.05, 0.1) is 0 Å². The minimum atomic E-state index is -4.82. The van der Waals surface area contributed by atoms with E-state index in [1.54, 1.807) is 5.48 Å². The van der Waals surface area contributed by atoms with Crippen LogP contribution in [0, 0.1) is 0 Å². The summed E-state index contributed by atoms with van der Waals surface area (Å²) >= 11 is 0. The molecule has 1 aliphatic rings. The lowest BCUT2D eigenvalue weighted by Crippen LogP contribution is -2.51. The van der Waals surface area contributed by atoms with Crippen LogP contribution in [0.3, 0.4) is 0 Å². The Morgan fingerprint density at radius 1 is 1.60 bits per heavy atom.